The van der Waals surface area contributed by atoms with Crippen molar-refractivity contribution in [3.63, 3.8) is 0 Å². The summed E-state index contributed by atoms with van der Waals surface area (Å²) < 4.78 is 21.2. The van der Waals surface area contributed by atoms with Gasteiger partial charge in [-0.15, -0.1) is 5.06 Å². The van der Waals surface area contributed by atoms with Gasteiger partial charge in [-0.3, -0.25) is 28.9 Å². The third-order valence-electron chi connectivity index (χ3n) is 8.79. The van der Waals surface area contributed by atoms with Crippen molar-refractivity contribution < 1.29 is 93.4 Å². The minimum atomic E-state index is -1.66. The lowest BCUT2D eigenvalue weighted by atomic mass is 9.99. The molecule has 0 bridgehead atoms. The number of hydrogen-bond acceptors (Lipinski definition) is 20. The first kappa shape index (κ1) is 46.9. The van der Waals surface area contributed by atoms with Crippen LogP contribution < -0.4 is 16.0 Å². The number of ether oxygens (including phenoxy) is 4. The predicted molar refractivity (Wildman–Crippen MR) is 181 cm³/mol. The summed E-state index contributed by atoms with van der Waals surface area (Å²) in [5.74, 6) is -3.75. The summed E-state index contributed by atoms with van der Waals surface area (Å²) in [6, 6.07) is 0. The number of nitrogens with one attached hydrogen (secondary N) is 3. The average molecular weight is 812 g/mol. The van der Waals surface area contributed by atoms with E-state index in [2.05, 4.69) is 16.0 Å². The molecule has 0 aliphatic carbocycles. The number of aliphatic hydroxyl groups is 8. The van der Waals surface area contributed by atoms with Gasteiger partial charge < -0.3 is 80.6 Å². The molecule has 3 aliphatic heterocycles. The van der Waals surface area contributed by atoms with Crippen LogP contribution in [0.4, 0.5) is 0 Å². The Labute approximate surface area is 320 Å². The second-order valence-corrected chi connectivity index (χ2v) is 13.2. The first-order valence-corrected chi connectivity index (χ1v) is 18.1. The number of amides is 5. The SMILES string of the molecule is O=C(CN(CC(=O)NCCO[C@H]1O[C@H](CO)[C@@H](O)[C@H](O)[C@@H]1O)CC(=O)NCCO[C@H]1O[C@H](CO)[C@@H](O)[C@H](O)[C@@H]1O)NCCCCCC(=O)ON1C(=O)CCC1=O. The van der Waals surface area contributed by atoms with E-state index in [1.54, 1.807) is 0 Å². The van der Waals surface area contributed by atoms with Crippen LogP contribution in [-0.2, 0) is 52.6 Å². The van der Waals surface area contributed by atoms with Crippen molar-refractivity contribution in [1.29, 1.82) is 0 Å². The van der Waals surface area contributed by atoms with E-state index in [1.165, 1.54) is 4.90 Å². The Hall–Kier alpha value is -3.50. The third-order valence-corrected chi connectivity index (χ3v) is 8.79. The third kappa shape index (κ3) is 14.5. The predicted octanol–water partition coefficient (Wildman–Crippen LogP) is -7.56. The van der Waals surface area contributed by atoms with Crippen molar-refractivity contribution in [2.45, 2.75) is 99.9 Å². The van der Waals surface area contributed by atoms with Gasteiger partial charge >= 0.3 is 5.97 Å². The highest BCUT2D eigenvalue weighted by Gasteiger charge is 2.45. The van der Waals surface area contributed by atoms with Crippen LogP contribution in [0.1, 0.15) is 38.5 Å². The van der Waals surface area contributed by atoms with Gasteiger partial charge in [0.1, 0.15) is 48.8 Å². The van der Waals surface area contributed by atoms with Crippen molar-refractivity contribution in [1.82, 2.24) is 25.9 Å². The summed E-state index contributed by atoms with van der Waals surface area (Å²) in [7, 11) is 0. The average Bonchev–Trinajstić information content (AvgIpc) is 3.48. The molecule has 3 rings (SSSR count). The summed E-state index contributed by atoms with van der Waals surface area (Å²) in [4.78, 5) is 79.4. The Morgan fingerprint density at radius 2 is 1.05 bits per heavy atom. The number of carbonyl (C=O) groups excluding carboxylic acids is 6. The number of hydroxylamine groups is 2. The van der Waals surface area contributed by atoms with Crippen LogP contribution in [0.15, 0.2) is 0 Å². The lowest BCUT2D eigenvalue weighted by Gasteiger charge is -2.39. The second kappa shape index (κ2) is 23.7. The fourth-order valence-electron chi connectivity index (χ4n) is 5.69. The molecule has 24 heteroatoms. The number of aliphatic hydroxyl groups excluding tert-OH is 8. The molecule has 3 fully saturated rings. The quantitative estimate of drug-likeness (QED) is 0.0337. The Morgan fingerprint density at radius 3 is 1.48 bits per heavy atom. The standard InChI is InChI=1S/C32H53N5O19/c38-15-17-25(46)27(48)29(50)31(54-17)52-10-8-34-20(41)13-36(14-21(42)35-9-11-53-32-30(51)28(49)26(47)18(16-39)55-32)12-19(40)33-7-3-1-2-4-24(45)56-37-22(43)5-6-23(37)44/h17-18,25-32,38-39,46-51H,1-16H2,(H,33,40)(H,34,41)(H,35,42)/t17-,18-,25-,26-,27+,28+,29+,30+,31+,32+/m1/s1. The van der Waals surface area contributed by atoms with Crippen LogP contribution in [-0.4, -0.2) is 213 Å². The highest BCUT2D eigenvalue weighted by molar-refractivity contribution is 6.01. The van der Waals surface area contributed by atoms with Crippen molar-refractivity contribution in [2.24, 2.45) is 0 Å². The van der Waals surface area contributed by atoms with Crippen molar-refractivity contribution in [3.05, 3.63) is 0 Å². The molecule has 5 amide bonds. The molecule has 24 nitrogen and oxygen atoms in total. The molecule has 56 heavy (non-hydrogen) atoms. The number of imide groups is 1. The summed E-state index contributed by atoms with van der Waals surface area (Å²) in [5.41, 5.74) is 0. The molecular weight excluding hydrogens is 758 g/mol. The van der Waals surface area contributed by atoms with E-state index in [4.69, 9.17) is 23.8 Å². The van der Waals surface area contributed by atoms with E-state index in [0.717, 1.165) is 0 Å². The maximum atomic E-state index is 12.8. The number of nitrogens with zero attached hydrogens (tertiary/aromatic N) is 2. The molecule has 3 aliphatic rings. The molecule has 3 saturated heterocycles. The van der Waals surface area contributed by atoms with Crippen molar-refractivity contribution >= 4 is 35.5 Å². The van der Waals surface area contributed by atoms with Gasteiger partial charge in [0.05, 0.1) is 46.1 Å². The lowest BCUT2D eigenvalue weighted by molar-refractivity contribution is -0.300. The van der Waals surface area contributed by atoms with Gasteiger partial charge in [-0.05, 0) is 12.8 Å². The lowest BCUT2D eigenvalue weighted by Crippen LogP contribution is -2.59. The van der Waals surface area contributed by atoms with E-state index < -0.39 is 130 Å². The number of rotatable bonds is 23. The van der Waals surface area contributed by atoms with Crippen LogP contribution >= 0.6 is 0 Å². The van der Waals surface area contributed by atoms with Crippen LogP contribution in [0.3, 0.4) is 0 Å². The number of hydrogen-bond donors (Lipinski definition) is 11. The molecule has 320 valence electrons. The molecule has 0 aromatic heterocycles. The van der Waals surface area contributed by atoms with Gasteiger partial charge in [-0.25, -0.2) is 4.79 Å². The van der Waals surface area contributed by atoms with Gasteiger partial charge in [0, 0.05) is 38.9 Å². The van der Waals surface area contributed by atoms with E-state index in [-0.39, 0.29) is 52.1 Å². The second-order valence-electron chi connectivity index (χ2n) is 13.2. The van der Waals surface area contributed by atoms with Crippen LogP contribution in [0, 0.1) is 0 Å². The zero-order chi connectivity index (χ0) is 41.4. The minimum Gasteiger partial charge on any atom is -0.394 e. The zero-order valence-corrected chi connectivity index (χ0v) is 30.6. The van der Waals surface area contributed by atoms with E-state index in [1.807, 2.05) is 0 Å². The molecule has 0 unspecified atom stereocenters. The maximum Gasteiger partial charge on any atom is 0.333 e. The highest BCUT2D eigenvalue weighted by atomic mass is 16.7. The molecule has 11 N–H and O–H groups in total. The van der Waals surface area contributed by atoms with Gasteiger partial charge in [0.15, 0.2) is 12.6 Å². The Bertz CT molecular complexity index is 1240. The largest absolute Gasteiger partial charge is 0.394 e. The first-order chi connectivity index (χ1) is 26.7. The molecule has 0 spiro atoms. The highest BCUT2D eigenvalue weighted by Crippen LogP contribution is 2.23. The number of carbonyl (C=O) groups is 6. The molecule has 10 atom stereocenters. The van der Waals surface area contributed by atoms with Crippen molar-refractivity contribution in [3.8, 4) is 0 Å². The van der Waals surface area contributed by atoms with Gasteiger partial charge in [-0.1, -0.05) is 6.42 Å². The number of unbranched alkanes of at least 4 members (excludes halogenated alkanes) is 2. The molecule has 0 radical (unpaired) electrons. The van der Waals surface area contributed by atoms with E-state index in [0.29, 0.717) is 24.3 Å². The fraction of sp³-hybridized carbons (Fsp3) is 0.812. The summed E-state index contributed by atoms with van der Waals surface area (Å²) in [5, 5.41) is 86.6. The Morgan fingerprint density at radius 1 is 0.625 bits per heavy atom. The first-order valence-electron chi connectivity index (χ1n) is 18.1. The zero-order valence-electron chi connectivity index (χ0n) is 30.6. The molecular formula is C32H53N5O19. The molecule has 0 saturated carbocycles. The molecule has 0 aromatic rings. The van der Waals surface area contributed by atoms with Crippen LogP contribution in [0.5, 0.6) is 0 Å². The Kier molecular flexibility index (Phi) is 19.8. The van der Waals surface area contributed by atoms with E-state index in [9.17, 15) is 69.6 Å². The van der Waals surface area contributed by atoms with E-state index >= 15 is 0 Å². The minimum absolute atomic E-state index is 0.0223. The smallest absolute Gasteiger partial charge is 0.333 e. The Balaban J connectivity index is 1.43. The van der Waals surface area contributed by atoms with Crippen molar-refractivity contribution in [2.75, 3.05) is 65.7 Å². The fourth-order valence-corrected chi connectivity index (χ4v) is 5.69. The topological polar surface area (TPSA) is 353 Å². The summed E-state index contributed by atoms with van der Waals surface area (Å²) in [6.07, 6.45) is -13.8. The monoisotopic (exact) mass is 811 g/mol. The maximum absolute atomic E-state index is 12.8. The van der Waals surface area contributed by atoms with Gasteiger partial charge in [0.2, 0.25) is 17.7 Å². The van der Waals surface area contributed by atoms with Crippen LogP contribution in [0.2, 0.25) is 0 Å². The normalized spacial score (nSPS) is 29.3. The molecule has 0 aromatic carbocycles. The van der Waals surface area contributed by atoms with Crippen LogP contribution in [0.25, 0.3) is 0 Å². The summed E-state index contributed by atoms with van der Waals surface area (Å²) >= 11 is 0. The molecule has 3 heterocycles. The van der Waals surface area contributed by atoms with Gasteiger partial charge in [0.25, 0.3) is 11.8 Å². The van der Waals surface area contributed by atoms with Gasteiger partial charge in [-0.2, -0.15) is 0 Å². The summed E-state index contributed by atoms with van der Waals surface area (Å²) in [6.45, 7) is -3.23.